The average Bonchev–Trinajstić information content (AvgIpc) is 2.86. The average molecular weight is 382 g/mol. The summed E-state index contributed by atoms with van der Waals surface area (Å²) in [7, 11) is 0. The number of benzene rings is 2. The number of ketones is 1. The summed E-state index contributed by atoms with van der Waals surface area (Å²) < 4.78 is 19.4. The topological polar surface area (TPSA) is 55.4 Å². The molecule has 0 aromatic heterocycles. The predicted octanol–water partition coefficient (Wildman–Crippen LogP) is 4.84. The Labute approximate surface area is 153 Å². The smallest absolute Gasteiger partial charge is 0.262 e. The van der Waals surface area contributed by atoms with Crippen molar-refractivity contribution in [2.75, 3.05) is 11.9 Å². The molecule has 2 aromatic rings. The van der Waals surface area contributed by atoms with Crippen LogP contribution in [0.3, 0.4) is 0 Å². The molecule has 0 saturated carbocycles. The van der Waals surface area contributed by atoms with Crippen LogP contribution in [0, 0.1) is 5.82 Å². The minimum Gasteiger partial charge on any atom is -0.483 e. The minimum atomic E-state index is -0.472. The highest BCUT2D eigenvalue weighted by Gasteiger charge is 2.32. The van der Waals surface area contributed by atoms with Crippen molar-refractivity contribution in [1.82, 2.24) is 0 Å². The van der Waals surface area contributed by atoms with Gasteiger partial charge in [0, 0.05) is 17.0 Å². The molecule has 0 aliphatic heterocycles. The van der Waals surface area contributed by atoms with E-state index in [4.69, 9.17) is 27.9 Å². The van der Waals surface area contributed by atoms with Gasteiger partial charge in [-0.2, -0.15) is 0 Å². The lowest BCUT2D eigenvalue weighted by molar-refractivity contribution is -0.118. The van der Waals surface area contributed by atoms with Crippen molar-refractivity contribution in [1.29, 1.82) is 0 Å². The molecule has 3 rings (SSSR count). The van der Waals surface area contributed by atoms with Gasteiger partial charge in [-0.15, -0.1) is 0 Å². The normalized spacial score (nSPS) is 15.8. The molecule has 0 saturated heterocycles. The van der Waals surface area contributed by atoms with Gasteiger partial charge >= 0.3 is 0 Å². The van der Waals surface area contributed by atoms with Gasteiger partial charge in [-0.25, -0.2) is 4.39 Å². The first-order chi connectivity index (χ1) is 11.9. The van der Waals surface area contributed by atoms with Crippen LogP contribution in [0.2, 0.25) is 10.0 Å². The molecular formula is C18H14Cl2FNO3. The predicted molar refractivity (Wildman–Crippen MR) is 94.3 cm³/mol. The first kappa shape index (κ1) is 17.7. The van der Waals surface area contributed by atoms with E-state index in [1.54, 1.807) is 19.1 Å². The number of hydrogen-bond acceptors (Lipinski definition) is 3. The van der Waals surface area contributed by atoms with Crippen LogP contribution in [-0.2, 0) is 4.79 Å². The summed E-state index contributed by atoms with van der Waals surface area (Å²) in [6, 6.07) is 7.29. The zero-order valence-corrected chi connectivity index (χ0v) is 14.7. The summed E-state index contributed by atoms with van der Waals surface area (Å²) in [5.74, 6) is -1.09. The lowest BCUT2D eigenvalue weighted by Gasteiger charge is -2.12. The summed E-state index contributed by atoms with van der Waals surface area (Å²) >= 11 is 11.9. The van der Waals surface area contributed by atoms with Crippen molar-refractivity contribution in [2.45, 2.75) is 19.3 Å². The van der Waals surface area contributed by atoms with Crippen LogP contribution in [0.5, 0.6) is 5.75 Å². The standard InChI is InChI=1S/C18H14Cl2FNO3/c1-9-6-14(23)18-15(5-4-12(21)17(9)18)25-8-16(24)22-13-7-10(19)2-3-11(13)20/h2-5,7,9H,6,8H2,1H3,(H,22,24)/t9-/m1/s1. The molecule has 2 aromatic carbocycles. The molecule has 0 unspecified atom stereocenters. The van der Waals surface area contributed by atoms with Crippen LogP contribution in [0.4, 0.5) is 10.1 Å². The molecule has 0 radical (unpaired) electrons. The lowest BCUT2D eigenvalue weighted by atomic mass is 10.0. The number of halogens is 3. The highest BCUT2D eigenvalue weighted by molar-refractivity contribution is 6.35. The van der Waals surface area contributed by atoms with Crippen LogP contribution in [-0.4, -0.2) is 18.3 Å². The summed E-state index contributed by atoms with van der Waals surface area (Å²) in [6.07, 6.45) is 0.233. The summed E-state index contributed by atoms with van der Waals surface area (Å²) in [4.78, 5) is 24.2. The van der Waals surface area contributed by atoms with Crippen molar-refractivity contribution in [3.63, 3.8) is 0 Å². The number of anilines is 1. The number of carbonyl (C=O) groups excluding carboxylic acids is 2. The molecule has 0 heterocycles. The van der Waals surface area contributed by atoms with Crippen LogP contribution >= 0.6 is 23.2 Å². The van der Waals surface area contributed by atoms with Gasteiger partial charge < -0.3 is 10.1 Å². The van der Waals surface area contributed by atoms with Crippen LogP contribution in [0.1, 0.15) is 35.2 Å². The number of fused-ring (bicyclic) bond motifs is 1. The number of carbonyl (C=O) groups is 2. The summed E-state index contributed by atoms with van der Waals surface area (Å²) in [6.45, 7) is 1.44. The molecule has 0 fully saturated rings. The van der Waals surface area contributed by atoms with Crippen LogP contribution in [0.25, 0.3) is 0 Å². The van der Waals surface area contributed by atoms with E-state index >= 15 is 0 Å². The first-order valence-corrected chi connectivity index (χ1v) is 8.35. The fourth-order valence-electron chi connectivity index (χ4n) is 2.87. The number of ether oxygens (including phenoxy) is 1. The Balaban J connectivity index is 1.73. The number of nitrogens with one attached hydrogen (secondary N) is 1. The molecule has 1 atom stereocenters. The Morgan fingerprint density at radius 1 is 1.32 bits per heavy atom. The van der Waals surface area contributed by atoms with Gasteiger partial charge in [-0.05, 0) is 36.2 Å². The maximum Gasteiger partial charge on any atom is 0.262 e. The largest absolute Gasteiger partial charge is 0.483 e. The number of amides is 1. The van der Waals surface area contributed by atoms with Crippen molar-refractivity contribution in [3.8, 4) is 5.75 Å². The summed E-state index contributed by atoms with van der Waals surface area (Å²) in [5.41, 5.74) is 0.929. The molecule has 25 heavy (non-hydrogen) atoms. The number of hydrogen-bond donors (Lipinski definition) is 1. The fraction of sp³-hybridized carbons (Fsp3) is 0.222. The van der Waals surface area contributed by atoms with E-state index in [0.717, 1.165) is 0 Å². The van der Waals surface area contributed by atoms with Crippen molar-refractivity contribution >= 4 is 40.6 Å². The Bertz CT molecular complexity index is 870. The van der Waals surface area contributed by atoms with Crippen molar-refractivity contribution in [2.24, 2.45) is 0 Å². The molecule has 1 aliphatic carbocycles. The lowest BCUT2D eigenvalue weighted by Crippen LogP contribution is -2.21. The van der Waals surface area contributed by atoms with Gasteiger partial charge in [-0.3, -0.25) is 9.59 Å². The number of rotatable bonds is 4. The molecule has 1 N–H and O–H groups in total. The molecule has 1 aliphatic rings. The third-order valence-corrected chi connectivity index (χ3v) is 4.54. The molecule has 1 amide bonds. The molecule has 0 spiro atoms. The second-order valence-electron chi connectivity index (χ2n) is 5.82. The second kappa shape index (κ2) is 7.02. The van der Waals surface area contributed by atoms with Gasteiger partial charge in [-0.1, -0.05) is 30.1 Å². The molecular weight excluding hydrogens is 368 g/mol. The van der Waals surface area contributed by atoms with E-state index in [1.807, 2.05) is 0 Å². The van der Waals surface area contributed by atoms with E-state index in [-0.39, 0.29) is 36.0 Å². The van der Waals surface area contributed by atoms with E-state index in [0.29, 0.717) is 21.3 Å². The maximum atomic E-state index is 13.9. The minimum absolute atomic E-state index is 0.185. The quantitative estimate of drug-likeness (QED) is 0.823. The van der Waals surface area contributed by atoms with Gasteiger partial charge in [0.2, 0.25) is 0 Å². The number of Topliss-reactive ketones (excluding diaryl/α,β-unsaturated/α-hetero) is 1. The molecule has 0 bridgehead atoms. The Morgan fingerprint density at radius 2 is 2.08 bits per heavy atom. The highest BCUT2D eigenvalue weighted by Crippen LogP contribution is 2.39. The second-order valence-corrected chi connectivity index (χ2v) is 6.67. The summed E-state index contributed by atoms with van der Waals surface area (Å²) in [5, 5.41) is 3.35. The van der Waals surface area contributed by atoms with E-state index < -0.39 is 11.7 Å². The molecule has 4 nitrogen and oxygen atoms in total. The van der Waals surface area contributed by atoms with Crippen LogP contribution in [0.15, 0.2) is 30.3 Å². The Hall–Kier alpha value is -2.11. The highest BCUT2D eigenvalue weighted by atomic mass is 35.5. The zero-order chi connectivity index (χ0) is 18.1. The SMILES string of the molecule is C[C@@H]1CC(=O)c2c(OCC(=O)Nc3cc(Cl)ccc3Cl)ccc(F)c21. The Morgan fingerprint density at radius 3 is 2.84 bits per heavy atom. The van der Waals surface area contributed by atoms with Crippen molar-refractivity contribution < 1.29 is 18.7 Å². The van der Waals surface area contributed by atoms with Crippen LogP contribution < -0.4 is 10.1 Å². The van der Waals surface area contributed by atoms with Gasteiger partial charge in [0.05, 0.1) is 16.3 Å². The van der Waals surface area contributed by atoms with E-state index in [1.165, 1.54) is 18.2 Å². The maximum absolute atomic E-state index is 13.9. The first-order valence-electron chi connectivity index (χ1n) is 7.60. The van der Waals surface area contributed by atoms with Gasteiger partial charge in [0.1, 0.15) is 11.6 Å². The molecule has 7 heteroatoms. The Kier molecular flexibility index (Phi) is 4.97. The van der Waals surface area contributed by atoms with Crippen molar-refractivity contribution in [3.05, 3.63) is 57.3 Å². The third-order valence-electron chi connectivity index (χ3n) is 3.98. The zero-order valence-electron chi connectivity index (χ0n) is 13.2. The fourth-order valence-corrected chi connectivity index (χ4v) is 3.21. The van der Waals surface area contributed by atoms with E-state index in [9.17, 15) is 14.0 Å². The van der Waals surface area contributed by atoms with E-state index in [2.05, 4.69) is 5.32 Å². The van der Waals surface area contributed by atoms with Gasteiger partial charge in [0.15, 0.2) is 12.4 Å². The van der Waals surface area contributed by atoms with Gasteiger partial charge in [0.25, 0.3) is 5.91 Å². The molecule has 130 valence electrons. The third kappa shape index (κ3) is 3.62. The monoisotopic (exact) mass is 381 g/mol.